The highest BCUT2D eigenvalue weighted by Crippen LogP contribution is 2.21. The van der Waals surface area contributed by atoms with Crippen molar-refractivity contribution in [3.63, 3.8) is 0 Å². The summed E-state index contributed by atoms with van der Waals surface area (Å²) in [6, 6.07) is 13.4. The fourth-order valence-corrected chi connectivity index (χ4v) is 2.90. The minimum atomic E-state index is -0.0217. The lowest BCUT2D eigenvalue weighted by Gasteiger charge is -2.07. The van der Waals surface area contributed by atoms with Gasteiger partial charge in [0.05, 0.1) is 5.75 Å². The lowest BCUT2D eigenvalue weighted by molar-refractivity contribution is -0.118. The van der Waals surface area contributed by atoms with Gasteiger partial charge in [0.2, 0.25) is 5.91 Å². The second-order valence-electron chi connectivity index (χ2n) is 4.61. The Kier molecular flexibility index (Phi) is 5.97. The van der Waals surface area contributed by atoms with Crippen LogP contribution in [-0.4, -0.2) is 11.7 Å². The Labute approximate surface area is 138 Å². The minimum Gasteiger partial charge on any atom is -0.351 e. The van der Waals surface area contributed by atoms with E-state index in [2.05, 4.69) is 5.32 Å². The van der Waals surface area contributed by atoms with Crippen LogP contribution in [0.1, 0.15) is 11.1 Å². The Morgan fingerprint density at radius 3 is 2.52 bits per heavy atom. The quantitative estimate of drug-likeness (QED) is 0.799. The Bertz CT molecular complexity index is 629. The molecule has 0 saturated heterocycles. The molecule has 0 aromatic heterocycles. The maximum atomic E-state index is 11.8. The Balaban J connectivity index is 1.80. The van der Waals surface area contributed by atoms with Crippen LogP contribution in [0.4, 0.5) is 0 Å². The molecule has 0 aliphatic heterocycles. The van der Waals surface area contributed by atoms with Crippen LogP contribution in [0.3, 0.4) is 0 Å². The highest BCUT2D eigenvalue weighted by molar-refractivity contribution is 8.00. The Morgan fingerprint density at radius 2 is 1.86 bits per heavy atom. The van der Waals surface area contributed by atoms with Gasteiger partial charge >= 0.3 is 0 Å². The maximum absolute atomic E-state index is 11.8. The van der Waals surface area contributed by atoms with Crippen LogP contribution in [-0.2, 0) is 11.3 Å². The number of benzene rings is 2. The van der Waals surface area contributed by atoms with Crippen molar-refractivity contribution in [2.45, 2.75) is 18.4 Å². The highest BCUT2D eigenvalue weighted by Gasteiger charge is 2.05. The first kappa shape index (κ1) is 16.2. The molecule has 0 heterocycles. The first-order chi connectivity index (χ1) is 10.0. The summed E-state index contributed by atoms with van der Waals surface area (Å²) >= 11 is 13.4. The monoisotopic (exact) mass is 339 g/mol. The molecule has 0 bridgehead atoms. The van der Waals surface area contributed by atoms with Gasteiger partial charge in [0.1, 0.15) is 0 Å². The van der Waals surface area contributed by atoms with Crippen molar-refractivity contribution in [2.24, 2.45) is 0 Å². The van der Waals surface area contributed by atoms with E-state index in [0.717, 1.165) is 10.5 Å². The van der Waals surface area contributed by atoms with Gasteiger partial charge in [-0.3, -0.25) is 4.79 Å². The number of thioether (sulfide) groups is 1. The Morgan fingerprint density at radius 1 is 1.14 bits per heavy atom. The number of hydrogen-bond acceptors (Lipinski definition) is 2. The molecule has 0 saturated carbocycles. The number of aryl methyl sites for hydroxylation is 1. The summed E-state index contributed by atoms with van der Waals surface area (Å²) in [5, 5.41) is 4.01. The van der Waals surface area contributed by atoms with Crippen molar-refractivity contribution in [1.82, 2.24) is 5.32 Å². The van der Waals surface area contributed by atoms with Crippen molar-refractivity contribution in [3.05, 3.63) is 63.6 Å². The van der Waals surface area contributed by atoms with Gasteiger partial charge in [-0.2, -0.15) is 0 Å². The number of rotatable bonds is 5. The van der Waals surface area contributed by atoms with Crippen LogP contribution in [0.25, 0.3) is 0 Å². The van der Waals surface area contributed by atoms with E-state index in [1.165, 1.54) is 17.3 Å². The van der Waals surface area contributed by atoms with E-state index in [-0.39, 0.29) is 5.91 Å². The van der Waals surface area contributed by atoms with E-state index in [9.17, 15) is 4.79 Å². The van der Waals surface area contributed by atoms with Gasteiger partial charge in [-0.05, 0) is 36.8 Å². The molecule has 0 unspecified atom stereocenters. The zero-order valence-corrected chi connectivity index (χ0v) is 13.9. The molecule has 0 atom stereocenters. The fourth-order valence-electron chi connectivity index (χ4n) is 1.69. The van der Waals surface area contributed by atoms with Crippen molar-refractivity contribution in [1.29, 1.82) is 0 Å². The predicted molar refractivity (Wildman–Crippen MR) is 90.2 cm³/mol. The summed E-state index contributed by atoms with van der Waals surface area (Å²) in [5.74, 6) is 0.362. The lowest BCUT2D eigenvalue weighted by Crippen LogP contribution is -2.24. The van der Waals surface area contributed by atoms with Gasteiger partial charge in [-0.25, -0.2) is 0 Å². The summed E-state index contributed by atoms with van der Waals surface area (Å²) in [4.78, 5) is 12.9. The zero-order chi connectivity index (χ0) is 15.2. The number of carbonyl (C=O) groups excluding carboxylic acids is 1. The molecule has 2 rings (SSSR count). The van der Waals surface area contributed by atoms with Crippen molar-refractivity contribution >= 4 is 40.9 Å². The largest absolute Gasteiger partial charge is 0.351 e. The topological polar surface area (TPSA) is 29.1 Å². The van der Waals surface area contributed by atoms with Crippen molar-refractivity contribution in [3.8, 4) is 0 Å². The molecule has 2 nitrogen and oxygen atoms in total. The van der Waals surface area contributed by atoms with Crippen LogP contribution in [0.5, 0.6) is 0 Å². The van der Waals surface area contributed by atoms with Gasteiger partial charge in [0.15, 0.2) is 0 Å². The highest BCUT2D eigenvalue weighted by atomic mass is 35.5. The van der Waals surface area contributed by atoms with E-state index >= 15 is 0 Å². The third kappa shape index (κ3) is 5.27. The smallest absolute Gasteiger partial charge is 0.230 e. The molecule has 0 aliphatic rings. The first-order valence-electron chi connectivity index (χ1n) is 6.44. The van der Waals surface area contributed by atoms with Crippen LogP contribution in [0.15, 0.2) is 47.4 Å². The Hall–Kier alpha value is -1.16. The standard InChI is InChI=1S/C16H15Cl2NOS/c1-11-2-6-14(7-3-11)21-10-16(20)19-9-12-4-5-13(17)8-15(12)18/h2-8H,9-10H2,1H3,(H,19,20). The summed E-state index contributed by atoms with van der Waals surface area (Å²) in [6.45, 7) is 2.44. The zero-order valence-electron chi connectivity index (χ0n) is 11.5. The minimum absolute atomic E-state index is 0.0217. The van der Waals surface area contributed by atoms with Gasteiger partial charge < -0.3 is 5.32 Å². The normalized spacial score (nSPS) is 10.4. The third-order valence-electron chi connectivity index (χ3n) is 2.88. The average molecular weight is 340 g/mol. The molecule has 1 amide bonds. The molecule has 0 spiro atoms. The van der Waals surface area contributed by atoms with Crippen molar-refractivity contribution in [2.75, 3.05) is 5.75 Å². The van der Waals surface area contributed by atoms with Crippen LogP contribution in [0.2, 0.25) is 10.0 Å². The van der Waals surface area contributed by atoms with E-state index in [1.807, 2.05) is 37.3 Å². The van der Waals surface area contributed by atoms with E-state index in [0.29, 0.717) is 22.3 Å². The van der Waals surface area contributed by atoms with Gasteiger partial charge in [-0.15, -0.1) is 11.8 Å². The lowest BCUT2D eigenvalue weighted by atomic mass is 10.2. The summed E-state index contributed by atoms with van der Waals surface area (Å²) in [5.41, 5.74) is 2.07. The predicted octanol–water partition coefficient (Wildman–Crippen LogP) is 4.71. The van der Waals surface area contributed by atoms with Crippen LogP contribution < -0.4 is 5.32 Å². The number of carbonyl (C=O) groups is 1. The van der Waals surface area contributed by atoms with Crippen molar-refractivity contribution < 1.29 is 4.79 Å². The van der Waals surface area contributed by atoms with Crippen LogP contribution in [0, 0.1) is 6.92 Å². The molecular weight excluding hydrogens is 325 g/mol. The van der Waals surface area contributed by atoms with Gasteiger partial charge in [0, 0.05) is 21.5 Å². The average Bonchev–Trinajstić information content (AvgIpc) is 2.46. The summed E-state index contributed by atoms with van der Waals surface area (Å²) < 4.78 is 0. The molecule has 2 aromatic carbocycles. The fraction of sp³-hybridized carbons (Fsp3) is 0.188. The molecule has 5 heteroatoms. The number of hydrogen-bond donors (Lipinski definition) is 1. The molecule has 2 aromatic rings. The van der Waals surface area contributed by atoms with Gasteiger partial charge in [0.25, 0.3) is 0 Å². The second-order valence-corrected chi connectivity index (χ2v) is 6.51. The SMILES string of the molecule is Cc1ccc(SCC(=O)NCc2ccc(Cl)cc2Cl)cc1. The molecule has 0 aliphatic carbocycles. The second kappa shape index (κ2) is 7.74. The molecule has 110 valence electrons. The van der Waals surface area contributed by atoms with E-state index in [4.69, 9.17) is 23.2 Å². The number of amides is 1. The molecule has 0 fully saturated rings. The number of halogens is 2. The molecule has 1 N–H and O–H groups in total. The molecule has 21 heavy (non-hydrogen) atoms. The molecular formula is C16H15Cl2NOS. The van der Waals surface area contributed by atoms with Gasteiger partial charge in [-0.1, -0.05) is 47.0 Å². The summed E-state index contributed by atoms with van der Waals surface area (Å²) in [6.07, 6.45) is 0. The number of nitrogens with one attached hydrogen (secondary N) is 1. The molecule has 0 radical (unpaired) electrons. The van der Waals surface area contributed by atoms with Crippen LogP contribution >= 0.6 is 35.0 Å². The third-order valence-corrected chi connectivity index (χ3v) is 4.48. The van der Waals surface area contributed by atoms with E-state index < -0.39 is 0 Å². The summed E-state index contributed by atoms with van der Waals surface area (Å²) in [7, 11) is 0. The maximum Gasteiger partial charge on any atom is 0.230 e. The van der Waals surface area contributed by atoms with E-state index in [1.54, 1.807) is 12.1 Å². The first-order valence-corrected chi connectivity index (χ1v) is 8.19.